The summed E-state index contributed by atoms with van der Waals surface area (Å²) < 4.78 is 31.3. The largest absolute Gasteiger partial charge is 0.382 e. The van der Waals surface area contributed by atoms with E-state index in [0.717, 1.165) is 6.07 Å². The molecule has 4 heteroatoms. The molecule has 0 bridgehead atoms. The number of halogens is 2. The summed E-state index contributed by atoms with van der Waals surface area (Å²) in [5.41, 5.74) is -0.250. The van der Waals surface area contributed by atoms with Crippen molar-refractivity contribution in [1.82, 2.24) is 5.32 Å². The molecule has 15 heavy (non-hydrogen) atoms. The summed E-state index contributed by atoms with van der Waals surface area (Å²) in [6.07, 6.45) is 0. The molecular formula is C11H15F2NO. The summed E-state index contributed by atoms with van der Waals surface area (Å²) in [7, 11) is 3.25. The fraction of sp³-hybridized carbons (Fsp3) is 0.455. The van der Waals surface area contributed by atoms with Crippen molar-refractivity contribution >= 4 is 0 Å². The van der Waals surface area contributed by atoms with Crippen molar-refractivity contribution in [2.45, 2.75) is 12.5 Å². The number of likely N-dealkylation sites (N-methyl/N-ethyl adjacent to an activating group) is 1. The van der Waals surface area contributed by atoms with Crippen molar-refractivity contribution < 1.29 is 13.5 Å². The van der Waals surface area contributed by atoms with E-state index in [0.29, 0.717) is 12.2 Å². The van der Waals surface area contributed by atoms with Crippen LogP contribution in [0, 0.1) is 11.6 Å². The Hall–Kier alpha value is -1.00. The summed E-state index contributed by atoms with van der Waals surface area (Å²) in [6.45, 7) is 2.11. The van der Waals surface area contributed by atoms with Crippen molar-refractivity contribution in [1.29, 1.82) is 0 Å². The Kier molecular flexibility index (Phi) is 3.77. The highest BCUT2D eigenvalue weighted by molar-refractivity contribution is 5.26. The van der Waals surface area contributed by atoms with Crippen LogP contribution in [0.25, 0.3) is 0 Å². The van der Waals surface area contributed by atoms with Gasteiger partial charge in [0.2, 0.25) is 0 Å². The van der Waals surface area contributed by atoms with Gasteiger partial charge in [0.25, 0.3) is 0 Å². The van der Waals surface area contributed by atoms with E-state index in [4.69, 9.17) is 4.74 Å². The summed E-state index contributed by atoms with van der Waals surface area (Å²) in [5, 5.41) is 2.97. The van der Waals surface area contributed by atoms with E-state index in [9.17, 15) is 8.78 Å². The van der Waals surface area contributed by atoms with Crippen LogP contribution in [0.5, 0.6) is 0 Å². The Labute approximate surface area is 88.3 Å². The smallest absolute Gasteiger partial charge is 0.131 e. The van der Waals surface area contributed by atoms with Crippen molar-refractivity contribution in [3.63, 3.8) is 0 Å². The number of nitrogens with one attached hydrogen (secondary N) is 1. The lowest BCUT2D eigenvalue weighted by Crippen LogP contribution is -2.41. The van der Waals surface area contributed by atoms with Crippen molar-refractivity contribution in [2.24, 2.45) is 0 Å². The predicted octanol–water partition coefficient (Wildman–Crippen LogP) is 2.05. The van der Waals surface area contributed by atoms with Gasteiger partial charge in [0.05, 0.1) is 12.1 Å². The highest BCUT2D eigenvalue weighted by Crippen LogP contribution is 2.24. The third kappa shape index (κ3) is 2.52. The molecule has 0 spiro atoms. The number of ether oxygens (including phenoxy) is 1. The van der Waals surface area contributed by atoms with Gasteiger partial charge >= 0.3 is 0 Å². The van der Waals surface area contributed by atoms with Gasteiger partial charge in [-0.3, -0.25) is 0 Å². The summed E-state index contributed by atoms with van der Waals surface area (Å²) >= 11 is 0. The van der Waals surface area contributed by atoms with Gasteiger partial charge in [-0.25, -0.2) is 8.78 Å². The van der Waals surface area contributed by atoms with Crippen LogP contribution < -0.4 is 5.32 Å². The second-order valence-corrected chi connectivity index (χ2v) is 3.64. The summed E-state index contributed by atoms with van der Waals surface area (Å²) in [4.78, 5) is 0. The first-order chi connectivity index (χ1) is 7.03. The minimum Gasteiger partial charge on any atom is -0.382 e. The third-order valence-corrected chi connectivity index (χ3v) is 2.51. The van der Waals surface area contributed by atoms with Gasteiger partial charge in [0, 0.05) is 18.7 Å². The lowest BCUT2D eigenvalue weighted by atomic mass is 9.92. The zero-order chi connectivity index (χ0) is 11.5. The van der Waals surface area contributed by atoms with Gasteiger partial charge in [-0.05, 0) is 20.0 Å². The van der Waals surface area contributed by atoms with E-state index < -0.39 is 17.2 Å². The molecule has 1 aromatic carbocycles. The van der Waals surface area contributed by atoms with Crippen LogP contribution >= 0.6 is 0 Å². The average molecular weight is 215 g/mol. The number of hydrogen-bond donors (Lipinski definition) is 1. The molecule has 0 saturated carbocycles. The summed E-state index contributed by atoms with van der Waals surface area (Å²) in [6, 6.07) is 3.55. The lowest BCUT2D eigenvalue weighted by molar-refractivity contribution is 0.121. The molecule has 0 heterocycles. The minimum absolute atomic E-state index is 0.312. The Balaban J connectivity index is 3.12. The third-order valence-electron chi connectivity index (χ3n) is 2.51. The first-order valence-corrected chi connectivity index (χ1v) is 4.67. The zero-order valence-corrected chi connectivity index (χ0v) is 9.10. The minimum atomic E-state index is -0.646. The Morgan fingerprint density at radius 3 is 2.53 bits per heavy atom. The van der Waals surface area contributed by atoms with Crippen LogP contribution in [0.2, 0.25) is 0 Å². The molecule has 2 nitrogen and oxygen atoms in total. The fourth-order valence-corrected chi connectivity index (χ4v) is 1.51. The maximum Gasteiger partial charge on any atom is 0.131 e. The van der Waals surface area contributed by atoms with Crippen LogP contribution in [-0.2, 0) is 10.3 Å². The van der Waals surface area contributed by atoms with Crippen molar-refractivity contribution in [3.05, 3.63) is 35.4 Å². The molecule has 1 atom stereocenters. The second-order valence-electron chi connectivity index (χ2n) is 3.64. The SMILES string of the molecule is CNC(C)(COC)c1ccc(F)cc1F. The molecule has 0 radical (unpaired) electrons. The van der Waals surface area contributed by atoms with E-state index in [-0.39, 0.29) is 0 Å². The molecule has 0 amide bonds. The van der Waals surface area contributed by atoms with E-state index in [2.05, 4.69) is 5.32 Å². The van der Waals surface area contributed by atoms with Gasteiger partial charge < -0.3 is 10.1 Å². The molecule has 84 valence electrons. The van der Waals surface area contributed by atoms with E-state index >= 15 is 0 Å². The molecule has 0 aliphatic carbocycles. The molecule has 0 fully saturated rings. The monoisotopic (exact) mass is 215 g/mol. The molecule has 1 unspecified atom stereocenters. The van der Waals surface area contributed by atoms with E-state index in [1.54, 1.807) is 14.0 Å². The lowest BCUT2D eigenvalue weighted by Gasteiger charge is -2.29. The highest BCUT2D eigenvalue weighted by atomic mass is 19.1. The summed E-state index contributed by atoms with van der Waals surface area (Å²) in [5.74, 6) is -1.14. The van der Waals surface area contributed by atoms with Crippen molar-refractivity contribution in [3.8, 4) is 0 Å². The zero-order valence-electron chi connectivity index (χ0n) is 9.10. The van der Waals surface area contributed by atoms with E-state index in [1.165, 1.54) is 19.2 Å². The Bertz CT molecular complexity index is 343. The molecule has 1 rings (SSSR count). The van der Waals surface area contributed by atoms with Crippen LogP contribution in [0.1, 0.15) is 12.5 Å². The number of benzene rings is 1. The second kappa shape index (κ2) is 4.68. The van der Waals surface area contributed by atoms with Crippen molar-refractivity contribution in [2.75, 3.05) is 20.8 Å². The molecule has 1 N–H and O–H groups in total. The molecule has 0 saturated heterocycles. The van der Waals surface area contributed by atoms with Gasteiger partial charge in [0.15, 0.2) is 0 Å². The molecular weight excluding hydrogens is 200 g/mol. The predicted molar refractivity (Wildman–Crippen MR) is 54.6 cm³/mol. The molecule has 0 aromatic heterocycles. The topological polar surface area (TPSA) is 21.3 Å². The van der Waals surface area contributed by atoms with Gasteiger partial charge in [-0.15, -0.1) is 0 Å². The number of methoxy groups -OCH3 is 1. The van der Waals surface area contributed by atoms with Gasteiger partial charge in [0.1, 0.15) is 11.6 Å². The fourth-order valence-electron chi connectivity index (χ4n) is 1.51. The number of hydrogen-bond acceptors (Lipinski definition) is 2. The van der Waals surface area contributed by atoms with E-state index in [1.807, 2.05) is 0 Å². The number of rotatable bonds is 4. The standard InChI is InChI=1S/C11H15F2NO/c1-11(14-2,7-15-3)9-5-4-8(12)6-10(9)13/h4-6,14H,7H2,1-3H3. The first-order valence-electron chi connectivity index (χ1n) is 4.67. The highest BCUT2D eigenvalue weighted by Gasteiger charge is 2.27. The molecule has 0 aliphatic rings. The maximum absolute atomic E-state index is 13.5. The molecule has 0 aliphatic heterocycles. The van der Waals surface area contributed by atoms with Gasteiger partial charge in [-0.1, -0.05) is 6.07 Å². The molecule has 1 aromatic rings. The maximum atomic E-state index is 13.5. The van der Waals surface area contributed by atoms with Gasteiger partial charge in [-0.2, -0.15) is 0 Å². The van der Waals surface area contributed by atoms with Crippen LogP contribution in [0.15, 0.2) is 18.2 Å². The Morgan fingerprint density at radius 1 is 1.40 bits per heavy atom. The van der Waals surface area contributed by atoms with Crippen LogP contribution in [-0.4, -0.2) is 20.8 Å². The van der Waals surface area contributed by atoms with Crippen LogP contribution in [0.4, 0.5) is 8.78 Å². The Morgan fingerprint density at radius 2 is 2.07 bits per heavy atom. The normalized spacial score (nSPS) is 15.0. The average Bonchev–Trinajstić information content (AvgIpc) is 2.17. The first kappa shape index (κ1) is 12.1. The van der Waals surface area contributed by atoms with Crippen LogP contribution in [0.3, 0.4) is 0 Å². The quantitative estimate of drug-likeness (QED) is 0.830.